The van der Waals surface area contributed by atoms with E-state index in [0.717, 1.165) is 0 Å². The molecule has 0 radical (unpaired) electrons. The maximum absolute atomic E-state index is 12.6. The van der Waals surface area contributed by atoms with Crippen LogP contribution in [-0.2, 0) is 16.0 Å². The minimum absolute atomic E-state index is 0.105. The number of aromatic nitrogens is 4. The first-order valence-corrected chi connectivity index (χ1v) is 7.78. The molecular weight excluding hydrogens is 336 g/mol. The number of pyridine rings is 1. The van der Waals surface area contributed by atoms with E-state index in [1.165, 1.54) is 6.20 Å². The van der Waals surface area contributed by atoms with Crippen molar-refractivity contribution in [3.05, 3.63) is 60.3 Å². The van der Waals surface area contributed by atoms with Gasteiger partial charge in [0.25, 0.3) is 11.8 Å². The van der Waals surface area contributed by atoms with Crippen LogP contribution in [0.3, 0.4) is 0 Å². The largest absolute Gasteiger partial charge is 0.365 e. The summed E-state index contributed by atoms with van der Waals surface area (Å²) in [5.41, 5.74) is 6.95. The van der Waals surface area contributed by atoms with Gasteiger partial charge in [-0.25, -0.2) is 0 Å². The molecule has 132 valence electrons. The van der Waals surface area contributed by atoms with Crippen LogP contribution in [0.5, 0.6) is 0 Å². The van der Waals surface area contributed by atoms with Crippen molar-refractivity contribution in [3.63, 3.8) is 0 Å². The van der Waals surface area contributed by atoms with Crippen LogP contribution < -0.4 is 11.1 Å². The molecule has 0 bridgehead atoms. The number of aromatic amines is 2. The molecule has 3 rings (SSSR count). The molecular formula is C17H16N6O3. The van der Waals surface area contributed by atoms with Gasteiger partial charge in [-0.05, 0) is 24.3 Å². The lowest BCUT2D eigenvalue weighted by Crippen LogP contribution is -2.47. The van der Waals surface area contributed by atoms with E-state index in [1.807, 2.05) is 0 Å². The summed E-state index contributed by atoms with van der Waals surface area (Å²) in [5.74, 6) is -2.59. The van der Waals surface area contributed by atoms with Gasteiger partial charge in [0, 0.05) is 24.5 Å². The molecule has 9 nitrogen and oxygen atoms in total. The van der Waals surface area contributed by atoms with Crippen molar-refractivity contribution in [3.8, 4) is 11.3 Å². The van der Waals surface area contributed by atoms with Gasteiger partial charge in [-0.15, -0.1) is 0 Å². The number of nitrogens with zero attached hydrogens (tertiary/aromatic N) is 2. The third kappa shape index (κ3) is 3.66. The van der Waals surface area contributed by atoms with E-state index in [0.29, 0.717) is 17.0 Å². The molecule has 5 N–H and O–H groups in total. The molecule has 3 aromatic heterocycles. The number of hydrogen-bond donors (Lipinski definition) is 4. The van der Waals surface area contributed by atoms with Crippen LogP contribution in [-0.4, -0.2) is 43.8 Å². The van der Waals surface area contributed by atoms with Crippen LogP contribution in [0, 0.1) is 0 Å². The average Bonchev–Trinajstić information content (AvgIpc) is 3.32. The van der Waals surface area contributed by atoms with Crippen molar-refractivity contribution in [2.24, 2.45) is 5.73 Å². The van der Waals surface area contributed by atoms with Crippen molar-refractivity contribution in [2.75, 3.05) is 0 Å². The Morgan fingerprint density at radius 1 is 1.19 bits per heavy atom. The van der Waals surface area contributed by atoms with Gasteiger partial charge in [-0.3, -0.25) is 24.5 Å². The third-order valence-electron chi connectivity index (χ3n) is 3.76. The molecule has 0 spiro atoms. The predicted octanol–water partition coefficient (Wildman–Crippen LogP) is 0.195. The minimum atomic E-state index is -1.11. The molecule has 26 heavy (non-hydrogen) atoms. The molecule has 1 atom stereocenters. The Morgan fingerprint density at radius 2 is 2.04 bits per heavy atom. The van der Waals surface area contributed by atoms with E-state index in [2.05, 4.69) is 25.5 Å². The molecule has 0 aliphatic heterocycles. The highest BCUT2D eigenvalue weighted by Gasteiger charge is 2.27. The van der Waals surface area contributed by atoms with E-state index in [-0.39, 0.29) is 12.1 Å². The average molecular weight is 352 g/mol. The molecule has 1 unspecified atom stereocenters. The number of nitrogens with one attached hydrogen (secondary N) is 3. The number of ketones is 1. The topological polar surface area (TPSA) is 147 Å². The summed E-state index contributed by atoms with van der Waals surface area (Å²) in [6, 6.07) is 7.65. The van der Waals surface area contributed by atoms with Crippen LogP contribution >= 0.6 is 0 Å². The van der Waals surface area contributed by atoms with E-state index in [9.17, 15) is 14.4 Å². The van der Waals surface area contributed by atoms with Crippen LogP contribution in [0.4, 0.5) is 0 Å². The quantitative estimate of drug-likeness (QED) is 0.448. The second kappa shape index (κ2) is 7.43. The molecule has 0 saturated carbocycles. The highest BCUT2D eigenvalue weighted by molar-refractivity contribution is 6.38. The summed E-state index contributed by atoms with van der Waals surface area (Å²) in [6.45, 7) is 0. The summed E-state index contributed by atoms with van der Waals surface area (Å²) in [5, 5.41) is 9.01. The molecule has 0 aromatic carbocycles. The maximum atomic E-state index is 12.6. The Hall–Kier alpha value is -3.75. The van der Waals surface area contributed by atoms with Gasteiger partial charge in [0.05, 0.1) is 17.5 Å². The molecule has 3 heterocycles. The Labute approximate surface area is 148 Å². The lowest BCUT2D eigenvalue weighted by atomic mass is 10.1. The van der Waals surface area contributed by atoms with E-state index in [1.54, 1.807) is 42.7 Å². The number of H-pyrrole nitrogens is 2. The van der Waals surface area contributed by atoms with Crippen molar-refractivity contribution < 1.29 is 14.4 Å². The zero-order valence-electron chi connectivity index (χ0n) is 13.6. The number of amides is 2. The molecule has 0 aliphatic carbocycles. The first kappa shape index (κ1) is 17.1. The van der Waals surface area contributed by atoms with Crippen LogP contribution in [0.2, 0.25) is 0 Å². The van der Waals surface area contributed by atoms with Crippen molar-refractivity contribution in [1.82, 2.24) is 25.5 Å². The monoisotopic (exact) mass is 352 g/mol. The summed E-state index contributed by atoms with van der Waals surface area (Å²) in [4.78, 5) is 43.1. The Kier molecular flexibility index (Phi) is 4.88. The zero-order chi connectivity index (χ0) is 18.5. The molecule has 9 heteroatoms. The number of carbonyl (C=O) groups is 3. The Balaban J connectivity index is 1.83. The lowest BCUT2D eigenvalue weighted by molar-refractivity contribution is -0.137. The van der Waals surface area contributed by atoms with Crippen molar-refractivity contribution in [2.45, 2.75) is 12.5 Å². The zero-order valence-corrected chi connectivity index (χ0v) is 13.6. The summed E-state index contributed by atoms with van der Waals surface area (Å²) < 4.78 is 0. The number of primary amides is 1. The van der Waals surface area contributed by atoms with Gasteiger partial charge >= 0.3 is 0 Å². The molecule has 0 aliphatic rings. The summed E-state index contributed by atoms with van der Waals surface area (Å²) >= 11 is 0. The van der Waals surface area contributed by atoms with E-state index >= 15 is 0 Å². The van der Waals surface area contributed by atoms with Gasteiger partial charge < -0.3 is 16.0 Å². The fourth-order valence-corrected chi connectivity index (χ4v) is 2.50. The smallest absolute Gasteiger partial charge is 0.287 e. The first-order valence-electron chi connectivity index (χ1n) is 7.78. The Bertz CT molecular complexity index is 917. The number of nitrogens with two attached hydrogens (primary N) is 1. The highest BCUT2D eigenvalue weighted by atomic mass is 16.2. The Morgan fingerprint density at radius 3 is 2.69 bits per heavy atom. The number of hydrogen-bond acceptors (Lipinski definition) is 5. The molecule has 0 fully saturated rings. The van der Waals surface area contributed by atoms with Crippen LogP contribution in [0.25, 0.3) is 11.3 Å². The van der Waals surface area contributed by atoms with E-state index in [4.69, 9.17) is 5.73 Å². The van der Waals surface area contributed by atoms with Gasteiger partial charge in [0.15, 0.2) is 0 Å². The van der Waals surface area contributed by atoms with Gasteiger partial charge in [-0.1, -0.05) is 6.07 Å². The fourth-order valence-electron chi connectivity index (χ4n) is 2.50. The normalized spacial score (nSPS) is 11.7. The predicted molar refractivity (Wildman–Crippen MR) is 91.8 cm³/mol. The van der Waals surface area contributed by atoms with Crippen LogP contribution in [0.1, 0.15) is 16.2 Å². The summed E-state index contributed by atoms with van der Waals surface area (Å²) in [6.07, 6.45) is 4.84. The number of carbonyl (C=O) groups excluding carboxylic acids is 3. The minimum Gasteiger partial charge on any atom is -0.365 e. The van der Waals surface area contributed by atoms with Crippen molar-refractivity contribution >= 4 is 17.6 Å². The molecule has 0 saturated heterocycles. The van der Waals surface area contributed by atoms with E-state index < -0.39 is 23.6 Å². The molecule has 3 aromatic rings. The second-order valence-electron chi connectivity index (χ2n) is 5.53. The SMILES string of the molecule is NC(=O)C(=O)C(Cc1ccc[nH]1)NC(=O)c1[nH]ncc1-c1ccccn1. The van der Waals surface area contributed by atoms with Gasteiger partial charge in [0.1, 0.15) is 11.7 Å². The number of Topliss-reactive ketones (excluding diaryl/α,β-unsaturated/α-hetero) is 1. The summed E-state index contributed by atoms with van der Waals surface area (Å²) in [7, 11) is 0. The first-order chi connectivity index (χ1) is 12.6. The lowest BCUT2D eigenvalue weighted by Gasteiger charge is -2.15. The van der Waals surface area contributed by atoms with Crippen molar-refractivity contribution in [1.29, 1.82) is 0 Å². The molecule has 2 amide bonds. The third-order valence-corrected chi connectivity index (χ3v) is 3.76. The van der Waals surface area contributed by atoms with Gasteiger partial charge in [0.2, 0.25) is 5.78 Å². The standard InChI is InChI=1S/C17H16N6O3/c18-16(25)15(24)13(8-10-4-3-7-19-10)22-17(26)14-11(9-21-23-14)12-5-1-2-6-20-12/h1-7,9,13,19H,8H2,(H2,18,25)(H,21,23)(H,22,26). The van der Waals surface area contributed by atoms with Crippen LogP contribution in [0.15, 0.2) is 48.9 Å². The highest BCUT2D eigenvalue weighted by Crippen LogP contribution is 2.19. The maximum Gasteiger partial charge on any atom is 0.287 e. The fraction of sp³-hybridized carbons (Fsp3) is 0.118. The van der Waals surface area contributed by atoms with Gasteiger partial charge in [-0.2, -0.15) is 5.10 Å². The second-order valence-corrected chi connectivity index (χ2v) is 5.53. The number of rotatable bonds is 7.